The first-order valence-corrected chi connectivity index (χ1v) is 14.0. The number of halogens is 1. The standard InChI is InChI=1S/C16H14IN3O.C16H15N3O/c1-20(2)11-7-5-10(6-8-11)14-13(17)15-12(16(21)19-14)4-3-9-18-15;1-19(2)12-7-5-11(6-8-12)14-10-15-13(16(20)18-14)4-3-9-17-15/h3-9H,1-2H3,(H,19,21);3-10H,1-2H3,(H,18,20). The predicted octanol–water partition coefficient (Wildman–Crippen LogP) is 5.92. The Morgan fingerprint density at radius 2 is 1.20 bits per heavy atom. The third-order valence-electron chi connectivity index (χ3n) is 6.70. The van der Waals surface area contributed by atoms with Gasteiger partial charge in [0.15, 0.2) is 0 Å². The lowest BCUT2D eigenvalue weighted by Gasteiger charge is -2.13. The summed E-state index contributed by atoms with van der Waals surface area (Å²) < 4.78 is 0.959. The molecular weight excluding hydrogens is 627 g/mol. The number of rotatable bonds is 4. The summed E-state index contributed by atoms with van der Waals surface area (Å²) in [7, 11) is 7.99. The summed E-state index contributed by atoms with van der Waals surface area (Å²) in [4.78, 5) is 42.8. The molecule has 0 aliphatic carbocycles. The van der Waals surface area contributed by atoms with Gasteiger partial charge in [0.2, 0.25) is 0 Å². The maximum absolute atomic E-state index is 12.2. The molecule has 0 saturated heterocycles. The molecule has 6 aromatic rings. The minimum atomic E-state index is -0.109. The van der Waals surface area contributed by atoms with Gasteiger partial charge >= 0.3 is 0 Å². The van der Waals surface area contributed by atoms with Crippen molar-refractivity contribution >= 4 is 55.8 Å². The second-order valence-corrected chi connectivity index (χ2v) is 11.0. The molecular formula is C32H29IN6O2. The average molecular weight is 657 g/mol. The zero-order valence-corrected chi connectivity index (χ0v) is 25.3. The average Bonchev–Trinajstić information content (AvgIpc) is 2.99. The second-order valence-electron chi connectivity index (χ2n) is 9.87. The lowest BCUT2D eigenvalue weighted by atomic mass is 10.1. The summed E-state index contributed by atoms with van der Waals surface area (Å²) in [5, 5.41) is 1.23. The van der Waals surface area contributed by atoms with Gasteiger partial charge in [-0.3, -0.25) is 19.6 Å². The van der Waals surface area contributed by atoms with Crippen LogP contribution < -0.4 is 20.9 Å². The van der Waals surface area contributed by atoms with Crippen molar-refractivity contribution in [3.8, 4) is 22.5 Å². The molecule has 206 valence electrons. The van der Waals surface area contributed by atoms with Crippen LogP contribution in [0.3, 0.4) is 0 Å². The molecule has 0 aliphatic heterocycles. The van der Waals surface area contributed by atoms with E-state index in [0.717, 1.165) is 43.0 Å². The van der Waals surface area contributed by atoms with E-state index >= 15 is 0 Å². The number of aromatic nitrogens is 4. The summed E-state index contributed by atoms with van der Waals surface area (Å²) in [6.07, 6.45) is 3.41. The Balaban J connectivity index is 0.000000165. The Hall–Kier alpha value is -4.51. The van der Waals surface area contributed by atoms with Crippen LogP contribution in [0.5, 0.6) is 0 Å². The third-order valence-corrected chi connectivity index (χ3v) is 7.75. The van der Waals surface area contributed by atoms with E-state index in [-0.39, 0.29) is 11.1 Å². The van der Waals surface area contributed by atoms with E-state index < -0.39 is 0 Å². The van der Waals surface area contributed by atoms with Crippen LogP contribution in [0.25, 0.3) is 44.3 Å². The van der Waals surface area contributed by atoms with Crippen LogP contribution in [0.2, 0.25) is 0 Å². The van der Waals surface area contributed by atoms with E-state index in [1.807, 2.05) is 92.6 Å². The number of anilines is 2. The highest BCUT2D eigenvalue weighted by molar-refractivity contribution is 14.1. The van der Waals surface area contributed by atoms with Crippen LogP contribution in [0, 0.1) is 3.57 Å². The highest BCUT2D eigenvalue weighted by Gasteiger charge is 2.12. The van der Waals surface area contributed by atoms with Crippen LogP contribution in [0.4, 0.5) is 11.4 Å². The molecule has 0 spiro atoms. The van der Waals surface area contributed by atoms with Crippen molar-refractivity contribution in [3.05, 3.63) is 116 Å². The molecule has 8 nitrogen and oxygen atoms in total. The maximum Gasteiger partial charge on any atom is 0.257 e. The molecule has 41 heavy (non-hydrogen) atoms. The van der Waals surface area contributed by atoms with Gasteiger partial charge in [0.1, 0.15) is 0 Å². The molecule has 0 fully saturated rings. The Morgan fingerprint density at radius 3 is 1.80 bits per heavy atom. The van der Waals surface area contributed by atoms with Gasteiger partial charge in [-0.05, 0) is 88.3 Å². The maximum atomic E-state index is 12.2. The molecule has 0 radical (unpaired) electrons. The number of fused-ring (bicyclic) bond motifs is 2. The lowest BCUT2D eigenvalue weighted by molar-refractivity contribution is 1.13. The summed E-state index contributed by atoms with van der Waals surface area (Å²) in [5.74, 6) is 0. The fourth-order valence-electron chi connectivity index (χ4n) is 4.42. The van der Waals surface area contributed by atoms with E-state index in [1.165, 1.54) is 0 Å². The fourth-order valence-corrected chi connectivity index (χ4v) is 5.30. The van der Waals surface area contributed by atoms with Crippen molar-refractivity contribution in [3.63, 3.8) is 0 Å². The van der Waals surface area contributed by atoms with Gasteiger partial charge in [-0.2, -0.15) is 0 Å². The number of hydrogen-bond acceptors (Lipinski definition) is 6. The zero-order chi connectivity index (χ0) is 29.1. The molecule has 0 aliphatic rings. The first-order chi connectivity index (χ1) is 19.7. The van der Waals surface area contributed by atoms with Gasteiger partial charge in [0, 0.05) is 52.0 Å². The first-order valence-electron chi connectivity index (χ1n) is 12.9. The Kier molecular flexibility index (Phi) is 8.16. The minimum Gasteiger partial charge on any atom is -0.378 e. The molecule has 0 saturated carbocycles. The number of H-pyrrole nitrogens is 2. The molecule has 0 amide bonds. The third kappa shape index (κ3) is 5.99. The largest absolute Gasteiger partial charge is 0.378 e. The summed E-state index contributed by atoms with van der Waals surface area (Å²) in [6, 6.07) is 25.1. The second kappa shape index (κ2) is 11.9. The Bertz CT molecular complexity index is 1950. The van der Waals surface area contributed by atoms with E-state index in [9.17, 15) is 9.59 Å². The van der Waals surface area contributed by atoms with E-state index in [1.54, 1.807) is 36.7 Å². The number of hydrogen-bond donors (Lipinski definition) is 2. The molecule has 4 heterocycles. The van der Waals surface area contributed by atoms with E-state index in [2.05, 4.69) is 42.5 Å². The smallest absolute Gasteiger partial charge is 0.257 e. The summed E-state index contributed by atoms with van der Waals surface area (Å²) in [5.41, 5.74) is 7.03. The SMILES string of the molecule is CN(C)c1ccc(-c2[nH]c(=O)c3cccnc3c2I)cc1.CN(C)c1ccc(-c2cc3ncccc3c(=O)[nH]2)cc1. The van der Waals surface area contributed by atoms with Crippen molar-refractivity contribution in [2.75, 3.05) is 38.0 Å². The molecule has 4 aromatic heterocycles. The van der Waals surface area contributed by atoms with Gasteiger partial charge in [-0.15, -0.1) is 0 Å². The quantitative estimate of drug-likeness (QED) is 0.229. The topological polar surface area (TPSA) is 98.0 Å². The number of nitrogens with zero attached hydrogens (tertiary/aromatic N) is 4. The molecule has 2 aromatic carbocycles. The predicted molar refractivity (Wildman–Crippen MR) is 177 cm³/mol. The molecule has 9 heteroatoms. The van der Waals surface area contributed by atoms with Gasteiger partial charge < -0.3 is 19.8 Å². The van der Waals surface area contributed by atoms with Crippen molar-refractivity contribution < 1.29 is 0 Å². The Morgan fingerprint density at radius 1 is 0.659 bits per heavy atom. The molecule has 0 atom stereocenters. The number of benzene rings is 2. The fraction of sp³-hybridized carbons (Fsp3) is 0.125. The van der Waals surface area contributed by atoms with Crippen LogP contribution in [0.15, 0.2) is 101 Å². The summed E-state index contributed by atoms with van der Waals surface area (Å²) in [6.45, 7) is 0. The normalized spacial score (nSPS) is 10.8. The van der Waals surface area contributed by atoms with Gasteiger partial charge in [0.25, 0.3) is 11.1 Å². The first kappa shape index (κ1) is 28.0. The number of aromatic amines is 2. The van der Waals surface area contributed by atoms with Crippen LogP contribution in [-0.4, -0.2) is 48.1 Å². The number of pyridine rings is 4. The molecule has 0 unspecified atom stereocenters. The van der Waals surface area contributed by atoms with Crippen molar-refractivity contribution in [2.24, 2.45) is 0 Å². The summed E-state index contributed by atoms with van der Waals surface area (Å²) >= 11 is 2.24. The zero-order valence-electron chi connectivity index (χ0n) is 23.1. The van der Waals surface area contributed by atoms with Gasteiger partial charge in [-0.25, -0.2) is 0 Å². The van der Waals surface area contributed by atoms with Gasteiger partial charge in [-0.1, -0.05) is 24.3 Å². The molecule has 6 rings (SSSR count). The van der Waals surface area contributed by atoms with E-state index in [4.69, 9.17) is 0 Å². The minimum absolute atomic E-state index is 0.106. The van der Waals surface area contributed by atoms with Crippen LogP contribution in [0.1, 0.15) is 0 Å². The Labute approximate surface area is 250 Å². The highest BCUT2D eigenvalue weighted by Crippen LogP contribution is 2.28. The monoisotopic (exact) mass is 656 g/mol. The lowest BCUT2D eigenvalue weighted by Crippen LogP contribution is -2.10. The van der Waals surface area contributed by atoms with E-state index in [0.29, 0.717) is 16.3 Å². The molecule has 0 bridgehead atoms. The van der Waals surface area contributed by atoms with Crippen LogP contribution in [-0.2, 0) is 0 Å². The molecule has 2 N–H and O–H groups in total. The van der Waals surface area contributed by atoms with Crippen molar-refractivity contribution in [1.82, 2.24) is 19.9 Å². The highest BCUT2D eigenvalue weighted by atomic mass is 127. The number of nitrogens with one attached hydrogen (secondary N) is 2. The van der Waals surface area contributed by atoms with Crippen molar-refractivity contribution in [1.29, 1.82) is 0 Å². The van der Waals surface area contributed by atoms with Crippen LogP contribution >= 0.6 is 22.6 Å². The van der Waals surface area contributed by atoms with Gasteiger partial charge in [0.05, 0.1) is 36.8 Å². The van der Waals surface area contributed by atoms with Crippen molar-refractivity contribution in [2.45, 2.75) is 0 Å².